The van der Waals surface area contributed by atoms with Crippen LogP contribution in [0.15, 0.2) is 60.7 Å². The molecular weight excluding hydrogens is 660 g/mol. The highest BCUT2D eigenvalue weighted by molar-refractivity contribution is 7.73. The Balaban J connectivity index is 2.34. The largest absolute Gasteiger partial charge is 0.415 e. The molecule has 8 heteroatoms. The maximum atomic E-state index is 6.52. The Hall–Kier alpha value is -0.382. The van der Waals surface area contributed by atoms with Crippen molar-refractivity contribution in [3.63, 3.8) is 0 Å². The van der Waals surface area contributed by atoms with Crippen LogP contribution >= 0.6 is 7.92 Å². The summed E-state index contributed by atoms with van der Waals surface area (Å²) in [6.45, 7) is 27.9. The zero-order valence-electron chi connectivity index (χ0n) is 32.7. The molecule has 0 aliphatic carbocycles. The van der Waals surface area contributed by atoms with Gasteiger partial charge in [0.05, 0.1) is 8.07 Å². The summed E-state index contributed by atoms with van der Waals surface area (Å²) < 4.78 is 19.6. The summed E-state index contributed by atoms with van der Waals surface area (Å²) >= 11 is 0. The molecule has 0 spiro atoms. The van der Waals surface area contributed by atoms with Crippen LogP contribution < -0.4 is 10.6 Å². The molecule has 0 atom stereocenters. The van der Waals surface area contributed by atoms with Gasteiger partial charge in [0.15, 0.2) is 25.0 Å². The van der Waals surface area contributed by atoms with Crippen LogP contribution in [0, 0.1) is 0 Å². The lowest BCUT2D eigenvalue weighted by Crippen LogP contribution is -2.39. The number of hydrogen-bond donors (Lipinski definition) is 0. The molecule has 0 heterocycles. The van der Waals surface area contributed by atoms with Gasteiger partial charge >= 0.3 is 0 Å². The molecule has 47 heavy (non-hydrogen) atoms. The third-order valence-electron chi connectivity index (χ3n) is 9.35. The second kappa shape index (κ2) is 20.5. The van der Waals surface area contributed by atoms with Gasteiger partial charge in [-0.05, 0) is 124 Å². The first-order valence-corrected chi connectivity index (χ1v) is 32.5. The standard InChI is InChI=1S/C39H73O3PSi4/c1-35(2)40-44(7,8)28-20-32-47(33-21-29-45(9,10)41-36(3)4,34-22-30-46(11,12)42-37(5)6)31-19-27-43(38-23-15-13-16-24-38)39-25-17-14-18-26-39/h13-18,23-26,35-37H,19-22,27-34H2,1-12H3. The first-order valence-electron chi connectivity index (χ1n) is 18.8. The Morgan fingerprint density at radius 3 is 1.04 bits per heavy atom. The minimum absolute atomic E-state index is 0.329. The summed E-state index contributed by atoms with van der Waals surface area (Å²) in [6.07, 6.45) is 7.66. The highest BCUT2D eigenvalue weighted by atomic mass is 31.1. The van der Waals surface area contributed by atoms with Gasteiger partial charge in [-0.3, -0.25) is 0 Å². The normalized spacial score (nSPS) is 13.4. The Labute approximate surface area is 297 Å². The number of rotatable bonds is 24. The topological polar surface area (TPSA) is 27.7 Å². The van der Waals surface area contributed by atoms with E-state index in [0.29, 0.717) is 18.3 Å². The van der Waals surface area contributed by atoms with Crippen LogP contribution in [0.2, 0.25) is 81.6 Å². The molecule has 0 aliphatic heterocycles. The van der Waals surface area contributed by atoms with Crippen molar-refractivity contribution < 1.29 is 13.3 Å². The predicted octanol–water partition coefficient (Wildman–Crippen LogP) is 12.0. The van der Waals surface area contributed by atoms with Crippen molar-refractivity contribution in [3.05, 3.63) is 60.7 Å². The van der Waals surface area contributed by atoms with E-state index in [1.807, 2.05) is 0 Å². The summed E-state index contributed by atoms with van der Waals surface area (Å²) in [5, 5.41) is 3.05. The van der Waals surface area contributed by atoms with E-state index in [2.05, 4.69) is 141 Å². The molecule has 0 amide bonds. The number of hydrogen-bond acceptors (Lipinski definition) is 3. The van der Waals surface area contributed by atoms with Crippen LogP contribution in [0.1, 0.15) is 67.2 Å². The molecule has 2 rings (SSSR count). The van der Waals surface area contributed by atoms with Crippen molar-refractivity contribution in [2.45, 2.75) is 167 Å². The van der Waals surface area contributed by atoms with Gasteiger partial charge in [0, 0.05) is 18.3 Å². The maximum absolute atomic E-state index is 6.52. The van der Waals surface area contributed by atoms with E-state index in [4.69, 9.17) is 13.3 Å². The first kappa shape index (κ1) is 42.8. The van der Waals surface area contributed by atoms with Crippen LogP contribution in [-0.4, -0.2) is 57.5 Å². The summed E-state index contributed by atoms with van der Waals surface area (Å²) in [5.41, 5.74) is 0. The van der Waals surface area contributed by atoms with Crippen molar-refractivity contribution in [1.29, 1.82) is 0 Å². The predicted molar refractivity (Wildman–Crippen MR) is 223 cm³/mol. The Morgan fingerprint density at radius 2 is 0.745 bits per heavy atom. The monoisotopic (exact) mass is 732 g/mol. The van der Waals surface area contributed by atoms with E-state index in [1.54, 1.807) is 0 Å². The summed E-state index contributed by atoms with van der Waals surface area (Å²) in [7, 11) is -6.91. The lowest BCUT2D eigenvalue weighted by Gasteiger charge is -2.36. The maximum Gasteiger partial charge on any atom is 0.187 e. The SMILES string of the molecule is CC(C)O[Si](C)(C)CCC[Si](CCCP(c1ccccc1)c1ccccc1)(CCC[Si](C)(C)OC(C)C)CCC[Si](C)(C)OC(C)C. The molecular formula is C39H73O3PSi4. The van der Waals surface area contributed by atoms with Crippen molar-refractivity contribution >= 4 is 51.6 Å². The fourth-order valence-corrected chi connectivity index (χ4v) is 23.9. The minimum Gasteiger partial charge on any atom is -0.415 e. The average molecular weight is 733 g/mol. The molecule has 3 nitrogen and oxygen atoms in total. The van der Waals surface area contributed by atoms with Crippen molar-refractivity contribution in [1.82, 2.24) is 0 Å². The third kappa shape index (κ3) is 17.9. The Bertz CT molecular complexity index is 1000. The average Bonchev–Trinajstić information content (AvgIpc) is 2.94. The van der Waals surface area contributed by atoms with Gasteiger partial charge in [0.25, 0.3) is 0 Å². The molecule has 0 N–H and O–H groups in total. The van der Waals surface area contributed by atoms with Gasteiger partial charge in [0.2, 0.25) is 0 Å². The van der Waals surface area contributed by atoms with Crippen LogP contribution in [0.3, 0.4) is 0 Å². The second-order valence-electron chi connectivity index (χ2n) is 16.8. The molecule has 268 valence electrons. The van der Waals surface area contributed by atoms with E-state index in [9.17, 15) is 0 Å². The zero-order chi connectivity index (χ0) is 35.1. The van der Waals surface area contributed by atoms with E-state index >= 15 is 0 Å². The van der Waals surface area contributed by atoms with Gasteiger partial charge in [-0.15, -0.1) is 0 Å². The number of benzene rings is 2. The molecule has 0 saturated heterocycles. The first-order chi connectivity index (χ1) is 21.9. The summed E-state index contributed by atoms with van der Waals surface area (Å²) in [6, 6.07) is 32.4. The smallest absolute Gasteiger partial charge is 0.187 e. The van der Waals surface area contributed by atoms with Gasteiger partial charge in [-0.25, -0.2) is 0 Å². The van der Waals surface area contributed by atoms with Crippen LogP contribution in [0.5, 0.6) is 0 Å². The highest BCUT2D eigenvalue weighted by Crippen LogP contribution is 2.40. The van der Waals surface area contributed by atoms with Crippen molar-refractivity contribution in [2.24, 2.45) is 0 Å². The molecule has 0 bridgehead atoms. The van der Waals surface area contributed by atoms with Gasteiger partial charge < -0.3 is 13.3 Å². The molecule has 0 unspecified atom stereocenters. The molecule has 0 aliphatic rings. The lowest BCUT2D eigenvalue weighted by atomic mass is 10.4. The van der Waals surface area contributed by atoms with Crippen molar-refractivity contribution in [3.8, 4) is 0 Å². The second-order valence-corrected chi connectivity index (χ2v) is 36.9. The van der Waals surface area contributed by atoms with Crippen LogP contribution in [0.25, 0.3) is 0 Å². The molecule has 0 saturated carbocycles. The molecule has 0 aromatic heterocycles. The van der Waals surface area contributed by atoms with Gasteiger partial charge in [-0.2, -0.15) is 0 Å². The van der Waals surface area contributed by atoms with E-state index < -0.39 is 33.0 Å². The van der Waals surface area contributed by atoms with Crippen LogP contribution in [0.4, 0.5) is 0 Å². The zero-order valence-corrected chi connectivity index (χ0v) is 37.6. The van der Waals surface area contributed by atoms with Crippen LogP contribution in [-0.2, 0) is 13.3 Å². The molecule has 2 aromatic rings. The van der Waals surface area contributed by atoms with Crippen molar-refractivity contribution in [2.75, 3.05) is 6.16 Å². The summed E-state index contributed by atoms with van der Waals surface area (Å²) in [5.74, 6) is 0. The lowest BCUT2D eigenvalue weighted by molar-refractivity contribution is 0.230. The Morgan fingerprint density at radius 1 is 0.447 bits per heavy atom. The molecule has 2 aromatic carbocycles. The molecule has 0 fully saturated rings. The summed E-state index contributed by atoms with van der Waals surface area (Å²) in [4.78, 5) is 0. The van der Waals surface area contributed by atoms with Gasteiger partial charge in [-0.1, -0.05) is 111 Å². The van der Waals surface area contributed by atoms with Gasteiger partial charge in [0.1, 0.15) is 0 Å². The quantitative estimate of drug-likeness (QED) is 0.0794. The third-order valence-corrected chi connectivity index (χ3v) is 25.6. The molecule has 0 radical (unpaired) electrons. The minimum atomic E-state index is -1.66. The van der Waals surface area contributed by atoms with E-state index in [1.165, 1.54) is 84.8 Å². The Kier molecular flexibility index (Phi) is 18.6. The highest BCUT2D eigenvalue weighted by Gasteiger charge is 2.36. The van der Waals surface area contributed by atoms with E-state index in [-0.39, 0.29) is 7.92 Å². The fraction of sp³-hybridized carbons (Fsp3) is 0.692. The fourth-order valence-electron chi connectivity index (χ4n) is 7.74. The van der Waals surface area contributed by atoms with E-state index in [0.717, 1.165) is 0 Å².